The predicted molar refractivity (Wildman–Crippen MR) is 90.6 cm³/mol. The number of hydrogen-bond donors (Lipinski definition) is 1. The monoisotopic (exact) mass is 364 g/mol. The lowest BCUT2D eigenvalue weighted by Gasteiger charge is -2.11. The van der Waals surface area contributed by atoms with E-state index in [2.05, 4.69) is 5.32 Å². The van der Waals surface area contributed by atoms with Crippen LogP contribution in [0.25, 0.3) is 0 Å². The topological polar surface area (TPSA) is 108 Å². The lowest BCUT2D eigenvalue weighted by Crippen LogP contribution is -2.20. The molecule has 0 spiro atoms. The summed E-state index contributed by atoms with van der Waals surface area (Å²) in [6, 6.07) is 8.22. The number of amides is 1. The van der Waals surface area contributed by atoms with Crippen LogP contribution >= 0.6 is 11.6 Å². The fourth-order valence-corrected chi connectivity index (χ4v) is 2.09. The van der Waals surface area contributed by atoms with Crippen LogP contribution in [0.15, 0.2) is 36.4 Å². The van der Waals surface area contributed by atoms with Gasteiger partial charge in [0, 0.05) is 12.1 Å². The number of aldehydes is 1. The van der Waals surface area contributed by atoms with Crippen molar-refractivity contribution in [3.05, 3.63) is 57.1 Å². The molecule has 0 bridgehead atoms. The fourth-order valence-electron chi connectivity index (χ4n) is 1.93. The first-order valence-electron chi connectivity index (χ1n) is 6.94. The molecule has 2 aromatic carbocycles. The van der Waals surface area contributed by atoms with Crippen molar-refractivity contribution in [3.63, 3.8) is 0 Å². The van der Waals surface area contributed by atoms with Gasteiger partial charge in [-0.15, -0.1) is 0 Å². The van der Waals surface area contributed by atoms with Crippen molar-refractivity contribution in [2.24, 2.45) is 0 Å². The first-order chi connectivity index (χ1) is 11.9. The molecule has 0 saturated heterocycles. The van der Waals surface area contributed by atoms with Gasteiger partial charge >= 0.3 is 0 Å². The molecule has 0 atom stereocenters. The third kappa shape index (κ3) is 4.67. The largest absolute Gasteiger partial charge is 0.497 e. The number of carbonyl (C=O) groups is 2. The average molecular weight is 365 g/mol. The number of nitrogens with zero attached hydrogens (tertiary/aromatic N) is 1. The summed E-state index contributed by atoms with van der Waals surface area (Å²) in [6.45, 7) is -0.411. The van der Waals surface area contributed by atoms with Gasteiger partial charge in [-0.25, -0.2) is 0 Å². The number of ether oxygens (including phenoxy) is 2. The van der Waals surface area contributed by atoms with Gasteiger partial charge in [0.1, 0.15) is 11.5 Å². The standard InChI is InChI=1S/C16H13ClN2O6/c1-24-12-3-5-15(10(6-12)8-20)25-9-16(21)18-14-7-11(19(22)23)2-4-13(14)17/h2-8H,9H2,1H3,(H,18,21). The molecule has 0 aliphatic rings. The Morgan fingerprint density at radius 2 is 2.08 bits per heavy atom. The molecule has 0 aliphatic heterocycles. The Morgan fingerprint density at radius 3 is 2.72 bits per heavy atom. The van der Waals surface area contributed by atoms with E-state index >= 15 is 0 Å². The van der Waals surface area contributed by atoms with Crippen LogP contribution in [0.1, 0.15) is 10.4 Å². The van der Waals surface area contributed by atoms with Crippen molar-refractivity contribution in [1.82, 2.24) is 0 Å². The van der Waals surface area contributed by atoms with E-state index in [1.54, 1.807) is 6.07 Å². The summed E-state index contributed by atoms with van der Waals surface area (Å²) < 4.78 is 10.3. The maximum Gasteiger partial charge on any atom is 0.271 e. The van der Waals surface area contributed by atoms with E-state index in [0.29, 0.717) is 12.0 Å². The van der Waals surface area contributed by atoms with Gasteiger partial charge in [-0.3, -0.25) is 19.7 Å². The number of nitro groups is 1. The van der Waals surface area contributed by atoms with Crippen molar-refractivity contribution in [2.45, 2.75) is 0 Å². The van der Waals surface area contributed by atoms with Crippen LogP contribution in [-0.2, 0) is 4.79 Å². The highest BCUT2D eigenvalue weighted by Gasteiger charge is 2.13. The molecule has 0 heterocycles. The molecule has 0 unspecified atom stereocenters. The van der Waals surface area contributed by atoms with E-state index < -0.39 is 17.4 Å². The van der Waals surface area contributed by atoms with Crippen LogP contribution in [0.3, 0.4) is 0 Å². The molecule has 1 amide bonds. The molecule has 0 saturated carbocycles. The number of nitrogens with one attached hydrogen (secondary N) is 1. The fraction of sp³-hybridized carbons (Fsp3) is 0.125. The van der Waals surface area contributed by atoms with E-state index in [4.69, 9.17) is 21.1 Å². The zero-order chi connectivity index (χ0) is 18.4. The zero-order valence-electron chi connectivity index (χ0n) is 13.0. The van der Waals surface area contributed by atoms with Crippen LogP contribution in [-0.4, -0.2) is 30.8 Å². The summed E-state index contributed by atoms with van der Waals surface area (Å²) in [7, 11) is 1.46. The van der Waals surface area contributed by atoms with E-state index in [1.165, 1.54) is 31.4 Å². The molecular formula is C16H13ClN2O6. The van der Waals surface area contributed by atoms with Crippen molar-refractivity contribution in [2.75, 3.05) is 19.0 Å². The third-order valence-electron chi connectivity index (χ3n) is 3.14. The van der Waals surface area contributed by atoms with Gasteiger partial charge in [-0.1, -0.05) is 11.6 Å². The number of methoxy groups -OCH3 is 1. The SMILES string of the molecule is COc1ccc(OCC(=O)Nc2cc([N+](=O)[O-])ccc2Cl)c(C=O)c1. The molecule has 0 fully saturated rings. The second-order valence-electron chi connectivity index (χ2n) is 4.78. The molecule has 2 rings (SSSR count). The zero-order valence-corrected chi connectivity index (χ0v) is 13.8. The van der Waals surface area contributed by atoms with E-state index in [0.717, 1.165) is 6.07 Å². The number of rotatable bonds is 7. The first kappa shape index (κ1) is 18.2. The Labute approximate surface area is 147 Å². The van der Waals surface area contributed by atoms with Crippen molar-refractivity contribution >= 4 is 35.2 Å². The minimum atomic E-state index is -0.601. The lowest BCUT2D eigenvalue weighted by molar-refractivity contribution is -0.384. The molecule has 130 valence electrons. The Hall–Kier alpha value is -3.13. The minimum Gasteiger partial charge on any atom is -0.497 e. The third-order valence-corrected chi connectivity index (χ3v) is 3.47. The van der Waals surface area contributed by atoms with Crippen LogP contribution in [0, 0.1) is 10.1 Å². The second kappa shape index (κ2) is 8.11. The maximum atomic E-state index is 12.0. The number of nitro benzene ring substituents is 1. The number of halogens is 1. The Kier molecular flexibility index (Phi) is 5.91. The van der Waals surface area contributed by atoms with Gasteiger partial charge in [0.15, 0.2) is 12.9 Å². The normalized spacial score (nSPS) is 10.0. The van der Waals surface area contributed by atoms with Gasteiger partial charge in [0.2, 0.25) is 0 Å². The molecule has 0 aliphatic carbocycles. The highest BCUT2D eigenvalue weighted by atomic mass is 35.5. The number of anilines is 1. The maximum absolute atomic E-state index is 12.0. The number of non-ortho nitro benzene ring substituents is 1. The van der Waals surface area contributed by atoms with Gasteiger partial charge < -0.3 is 14.8 Å². The summed E-state index contributed by atoms with van der Waals surface area (Å²) in [4.78, 5) is 33.2. The molecule has 25 heavy (non-hydrogen) atoms. The molecular weight excluding hydrogens is 352 g/mol. The summed E-state index contributed by atoms with van der Waals surface area (Å²) in [5.41, 5.74) is 0.106. The highest BCUT2D eigenvalue weighted by molar-refractivity contribution is 6.33. The van der Waals surface area contributed by atoms with Crippen LogP contribution in [0.5, 0.6) is 11.5 Å². The molecule has 8 nitrogen and oxygen atoms in total. The summed E-state index contributed by atoms with van der Waals surface area (Å²) >= 11 is 5.90. The summed E-state index contributed by atoms with van der Waals surface area (Å²) in [5, 5.41) is 13.3. The summed E-state index contributed by atoms with van der Waals surface area (Å²) in [5.74, 6) is 0.0911. The average Bonchev–Trinajstić information content (AvgIpc) is 2.61. The van der Waals surface area contributed by atoms with Crippen molar-refractivity contribution < 1.29 is 24.0 Å². The molecule has 1 N–H and O–H groups in total. The van der Waals surface area contributed by atoms with Crippen LogP contribution < -0.4 is 14.8 Å². The lowest BCUT2D eigenvalue weighted by atomic mass is 10.2. The predicted octanol–water partition coefficient (Wildman–Crippen LogP) is 3.09. The Bertz CT molecular complexity index is 824. The highest BCUT2D eigenvalue weighted by Crippen LogP contribution is 2.27. The van der Waals surface area contributed by atoms with Gasteiger partial charge in [-0.2, -0.15) is 0 Å². The van der Waals surface area contributed by atoms with Gasteiger partial charge in [-0.05, 0) is 24.3 Å². The number of benzene rings is 2. The smallest absolute Gasteiger partial charge is 0.271 e. The van der Waals surface area contributed by atoms with E-state index in [9.17, 15) is 19.7 Å². The Balaban J connectivity index is 2.05. The number of hydrogen-bond acceptors (Lipinski definition) is 6. The van der Waals surface area contributed by atoms with Crippen molar-refractivity contribution in [1.29, 1.82) is 0 Å². The molecule has 9 heteroatoms. The first-order valence-corrected chi connectivity index (χ1v) is 7.32. The van der Waals surface area contributed by atoms with E-state index in [-0.39, 0.29) is 27.7 Å². The molecule has 2 aromatic rings. The Morgan fingerprint density at radius 1 is 1.32 bits per heavy atom. The minimum absolute atomic E-state index is 0.0924. The van der Waals surface area contributed by atoms with Gasteiger partial charge in [0.25, 0.3) is 11.6 Å². The van der Waals surface area contributed by atoms with Gasteiger partial charge in [0.05, 0.1) is 28.3 Å². The van der Waals surface area contributed by atoms with E-state index in [1.807, 2.05) is 0 Å². The van der Waals surface area contributed by atoms with Crippen molar-refractivity contribution in [3.8, 4) is 11.5 Å². The molecule has 0 radical (unpaired) electrons. The summed E-state index contributed by atoms with van der Waals surface area (Å²) in [6.07, 6.45) is 0.577. The second-order valence-corrected chi connectivity index (χ2v) is 5.19. The van der Waals surface area contributed by atoms with Crippen LogP contribution in [0.2, 0.25) is 5.02 Å². The van der Waals surface area contributed by atoms with Crippen LogP contribution in [0.4, 0.5) is 11.4 Å². The molecule has 0 aromatic heterocycles. The quantitative estimate of drug-likeness (QED) is 0.459. The number of carbonyl (C=O) groups excluding carboxylic acids is 2.